The highest BCUT2D eigenvalue weighted by Gasteiger charge is 2.22. The first-order chi connectivity index (χ1) is 12.6. The van der Waals surface area contributed by atoms with Crippen molar-refractivity contribution in [1.82, 2.24) is 19.6 Å². The third-order valence-electron chi connectivity index (χ3n) is 4.28. The van der Waals surface area contributed by atoms with Gasteiger partial charge >= 0.3 is 0 Å². The minimum absolute atomic E-state index is 0.239. The number of anilines is 1. The van der Waals surface area contributed by atoms with E-state index in [-0.39, 0.29) is 5.82 Å². The fourth-order valence-corrected chi connectivity index (χ4v) is 4.00. The van der Waals surface area contributed by atoms with E-state index in [0.717, 1.165) is 59.6 Å². The van der Waals surface area contributed by atoms with Gasteiger partial charge in [-0.25, -0.2) is 9.37 Å². The summed E-state index contributed by atoms with van der Waals surface area (Å²) in [5.41, 5.74) is 0.866. The number of aliphatic imine (C=N–C) groups is 1. The third kappa shape index (κ3) is 4.50. The lowest BCUT2D eigenvalue weighted by Gasteiger charge is -2.36. The molecular formula is C17H22BrFN6S. The van der Waals surface area contributed by atoms with E-state index in [9.17, 15) is 4.39 Å². The quantitative estimate of drug-likeness (QED) is 0.584. The zero-order chi connectivity index (χ0) is 18.5. The fraction of sp³-hybridized carbons (Fsp3) is 0.471. The Morgan fingerprint density at radius 3 is 2.77 bits per heavy atom. The van der Waals surface area contributed by atoms with Gasteiger partial charge < -0.3 is 15.1 Å². The molecule has 1 aromatic heterocycles. The Morgan fingerprint density at radius 2 is 2.12 bits per heavy atom. The third-order valence-corrected chi connectivity index (χ3v) is 5.87. The van der Waals surface area contributed by atoms with Gasteiger partial charge in [-0.3, -0.25) is 4.99 Å². The van der Waals surface area contributed by atoms with Crippen LogP contribution in [0.1, 0.15) is 18.3 Å². The van der Waals surface area contributed by atoms with Crippen molar-refractivity contribution < 1.29 is 4.39 Å². The number of halogens is 2. The van der Waals surface area contributed by atoms with E-state index < -0.39 is 0 Å². The topological polar surface area (TPSA) is 56.7 Å². The predicted octanol–water partition coefficient (Wildman–Crippen LogP) is 2.90. The van der Waals surface area contributed by atoms with Gasteiger partial charge in [-0.05, 0) is 23.8 Å². The van der Waals surface area contributed by atoms with Crippen LogP contribution in [0.3, 0.4) is 0 Å². The van der Waals surface area contributed by atoms with Crippen LogP contribution >= 0.6 is 27.5 Å². The highest BCUT2D eigenvalue weighted by molar-refractivity contribution is 9.10. The van der Waals surface area contributed by atoms with E-state index in [1.54, 1.807) is 13.1 Å². The van der Waals surface area contributed by atoms with Crippen LogP contribution in [0.15, 0.2) is 27.7 Å². The van der Waals surface area contributed by atoms with Crippen LogP contribution in [0, 0.1) is 5.82 Å². The molecule has 3 rings (SSSR count). The molecule has 1 fully saturated rings. The molecule has 26 heavy (non-hydrogen) atoms. The Morgan fingerprint density at radius 1 is 1.35 bits per heavy atom. The van der Waals surface area contributed by atoms with Crippen molar-refractivity contribution >= 4 is 38.6 Å². The first-order valence-electron chi connectivity index (χ1n) is 8.57. The molecule has 0 bridgehead atoms. The summed E-state index contributed by atoms with van der Waals surface area (Å²) in [5.74, 6) is 1.50. The van der Waals surface area contributed by atoms with Gasteiger partial charge in [0, 0.05) is 62.2 Å². The van der Waals surface area contributed by atoms with E-state index in [0.29, 0.717) is 6.54 Å². The van der Waals surface area contributed by atoms with Gasteiger partial charge in [0.05, 0.1) is 0 Å². The molecule has 1 aliphatic rings. The van der Waals surface area contributed by atoms with Crippen molar-refractivity contribution in [2.75, 3.05) is 38.1 Å². The molecule has 0 saturated carbocycles. The van der Waals surface area contributed by atoms with E-state index in [2.05, 4.69) is 52.3 Å². The molecule has 1 saturated heterocycles. The normalized spacial score (nSPS) is 15.5. The van der Waals surface area contributed by atoms with Crippen LogP contribution in [0.25, 0.3) is 0 Å². The van der Waals surface area contributed by atoms with Gasteiger partial charge in [-0.2, -0.15) is 4.37 Å². The Kier molecular flexibility index (Phi) is 6.42. The van der Waals surface area contributed by atoms with Crippen molar-refractivity contribution in [2.45, 2.75) is 19.9 Å². The largest absolute Gasteiger partial charge is 0.352 e. The molecule has 0 aliphatic carbocycles. The Labute approximate surface area is 165 Å². The second-order valence-electron chi connectivity index (χ2n) is 5.96. The summed E-state index contributed by atoms with van der Waals surface area (Å²) in [7, 11) is 1.77. The summed E-state index contributed by atoms with van der Waals surface area (Å²) in [4.78, 5) is 13.4. The minimum Gasteiger partial charge on any atom is -0.352 e. The molecule has 140 valence electrons. The Hall–Kier alpha value is -1.74. The summed E-state index contributed by atoms with van der Waals surface area (Å²) in [5, 5.41) is 4.32. The zero-order valence-electron chi connectivity index (χ0n) is 14.9. The van der Waals surface area contributed by atoms with Gasteiger partial charge in [0.2, 0.25) is 5.13 Å². The molecule has 6 nitrogen and oxygen atoms in total. The Balaban J connectivity index is 1.56. The summed E-state index contributed by atoms with van der Waals surface area (Å²) in [6.07, 6.45) is 0.864. The standard InChI is InChI=1S/C17H22BrFN6S/c1-3-15-22-17(26-23-15)25-8-6-24(7-9-25)16(20-2)21-11-12-10-13(19)4-5-14(12)18/h4-5,10H,3,6-9,11H2,1-2H3,(H,20,21). The number of rotatable bonds is 4. The van der Waals surface area contributed by atoms with Crippen LogP contribution in [0.2, 0.25) is 0 Å². The molecule has 0 radical (unpaired) electrons. The van der Waals surface area contributed by atoms with Crippen molar-refractivity contribution in [3.63, 3.8) is 0 Å². The highest BCUT2D eigenvalue weighted by atomic mass is 79.9. The molecule has 1 N–H and O–H groups in total. The molecule has 1 aliphatic heterocycles. The number of benzene rings is 1. The maximum Gasteiger partial charge on any atom is 0.205 e. The van der Waals surface area contributed by atoms with Crippen LogP contribution < -0.4 is 10.2 Å². The summed E-state index contributed by atoms with van der Waals surface area (Å²) >= 11 is 4.93. The zero-order valence-corrected chi connectivity index (χ0v) is 17.3. The van der Waals surface area contributed by atoms with Crippen molar-refractivity contribution in [3.8, 4) is 0 Å². The highest BCUT2D eigenvalue weighted by Crippen LogP contribution is 2.20. The lowest BCUT2D eigenvalue weighted by molar-refractivity contribution is 0.372. The summed E-state index contributed by atoms with van der Waals surface area (Å²) in [6, 6.07) is 4.70. The minimum atomic E-state index is -0.239. The number of hydrogen-bond acceptors (Lipinski definition) is 5. The summed E-state index contributed by atoms with van der Waals surface area (Å²) in [6.45, 7) is 6.04. The van der Waals surface area contributed by atoms with Gasteiger partial charge in [-0.1, -0.05) is 22.9 Å². The Bertz CT molecular complexity index is 772. The number of nitrogens with one attached hydrogen (secondary N) is 1. The molecule has 2 heterocycles. The first-order valence-corrected chi connectivity index (χ1v) is 10.1. The molecule has 0 spiro atoms. The van der Waals surface area contributed by atoms with Crippen LogP contribution in [-0.4, -0.2) is 53.4 Å². The first kappa shape index (κ1) is 19.0. The number of piperazine rings is 1. The number of aromatic nitrogens is 2. The van der Waals surface area contributed by atoms with Crippen molar-refractivity contribution in [2.24, 2.45) is 4.99 Å². The van der Waals surface area contributed by atoms with E-state index >= 15 is 0 Å². The van der Waals surface area contributed by atoms with E-state index in [4.69, 9.17) is 0 Å². The monoisotopic (exact) mass is 440 g/mol. The number of guanidine groups is 1. The predicted molar refractivity (Wildman–Crippen MR) is 107 cm³/mol. The van der Waals surface area contributed by atoms with Gasteiger partial charge in [0.1, 0.15) is 11.6 Å². The van der Waals surface area contributed by atoms with Gasteiger partial charge in [0.25, 0.3) is 0 Å². The maximum atomic E-state index is 13.4. The smallest absolute Gasteiger partial charge is 0.205 e. The maximum absolute atomic E-state index is 13.4. The van der Waals surface area contributed by atoms with Crippen LogP contribution in [-0.2, 0) is 13.0 Å². The van der Waals surface area contributed by atoms with E-state index in [1.165, 1.54) is 23.7 Å². The second kappa shape index (κ2) is 8.77. The van der Waals surface area contributed by atoms with Crippen LogP contribution in [0.4, 0.5) is 9.52 Å². The second-order valence-corrected chi connectivity index (χ2v) is 7.54. The lowest BCUT2D eigenvalue weighted by Crippen LogP contribution is -2.52. The van der Waals surface area contributed by atoms with Crippen molar-refractivity contribution in [3.05, 3.63) is 39.9 Å². The van der Waals surface area contributed by atoms with Crippen molar-refractivity contribution in [1.29, 1.82) is 0 Å². The van der Waals surface area contributed by atoms with Crippen LogP contribution in [0.5, 0.6) is 0 Å². The molecule has 0 unspecified atom stereocenters. The van der Waals surface area contributed by atoms with Gasteiger partial charge in [0.15, 0.2) is 5.96 Å². The fourth-order valence-electron chi connectivity index (χ4n) is 2.81. The molecule has 0 atom stereocenters. The molecule has 0 amide bonds. The van der Waals surface area contributed by atoms with E-state index in [1.807, 2.05) is 0 Å². The average Bonchev–Trinajstić information content (AvgIpc) is 3.14. The number of hydrogen-bond donors (Lipinski definition) is 1. The number of nitrogens with zero attached hydrogens (tertiary/aromatic N) is 5. The van der Waals surface area contributed by atoms with Gasteiger partial charge in [-0.15, -0.1) is 0 Å². The SMILES string of the molecule is CCc1nsc(N2CCN(C(=NC)NCc3cc(F)ccc3Br)CC2)n1. The molecule has 2 aromatic rings. The summed E-state index contributed by atoms with van der Waals surface area (Å²) < 4.78 is 18.7. The molecular weight excluding hydrogens is 419 g/mol. The lowest BCUT2D eigenvalue weighted by atomic mass is 10.2. The molecule has 1 aromatic carbocycles. The molecule has 9 heteroatoms. The average molecular weight is 441 g/mol. The number of aryl methyl sites for hydroxylation is 1.